The Balaban J connectivity index is 2.46. The van der Waals surface area contributed by atoms with Crippen LogP contribution in [0.25, 0.3) is 0 Å². The van der Waals surface area contributed by atoms with Crippen molar-refractivity contribution in [1.29, 1.82) is 0 Å². The molecule has 96 valence electrons. The van der Waals surface area contributed by atoms with Gasteiger partial charge in [-0.25, -0.2) is 0 Å². The quantitative estimate of drug-likeness (QED) is 0.815. The zero-order chi connectivity index (χ0) is 12.9. The highest BCUT2D eigenvalue weighted by atomic mass is 19.4. The number of aliphatic hydroxyl groups is 1. The number of aryl methyl sites for hydroxylation is 1. The van der Waals surface area contributed by atoms with E-state index < -0.39 is 12.6 Å². The number of aliphatic hydroxyl groups excluding tert-OH is 1. The predicted octanol–water partition coefficient (Wildman–Crippen LogP) is 2.60. The van der Waals surface area contributed by atoms with Gasteiger partial charge < -0.3 is 9.84 Å². The summed E-state index contributed by atoms with van der Waals surface area (Å²) < 4.78 is 40.8. The molecule has 0 aromatic carbocycles. The lowest BCUT2D eigenvalue weighted by atomic mass is 10.3. The summed E-state index contributed by atoms with van der Waals surface area (Å²) in [5, 5.41) is 9.01. The van der Waals surface area contributed by atoms with Crippen LogP contribution < -0.4 is 4.74 Å². The van der Waals surface area contributed by atoms with Crippen LogP contribution in [0.2, 0.25) is 0 Å². The molecule has 0 aliphatic rings. The molecule has 0 aliphatic carbocycles. The molecule has 0 saturated heterocycles. The molecule has 0 radical (unpaired) electrons. The monoisotopic (exact) mass is 249 g/mol. The van der Waals surface area contributed by atoms with E-state index in [0.717, 1.165) is 5.69 Å². The Bertz CT molecular complexity index is 366. The number of alkyl halides is 3. The maximum Gasteiger partial charge on any atom is 0.389 e. The van der Waals surface area contributed by atoms with Gasteiger partial charge in [0.25, 0.3) is 0 Å². The van der Waals surface area contributed by atoms with Crippen LogP contribution in [0, 0.1) is 6.92 Å². The van der Waals surface area contributed by atoms with Gasteiger partial charge in [-0.1, -0.05) is 0 Å². The van der Waals surface area contributed by atoms with Crippen molar-refractivity contribution in [1.82, 2.24) is 4.98 Å². The Hall–Kier alpha value is -1.30. The second kappa shape index (κ2) is 5.86. The Morgan fingerprint density at radius 2 is 2.06 bits per heavy atom. The number of nitrogens with zero attached hydrogens (tertiary/aromatic N) is 1. The maximum absolute atomic E-state index is 11.9. The third-order valence-corrected chi connectivity index (χ3v) is 2.08. The fourth-order valence-corrected chi connectivity index (χ4v) is 1.30. The minimum absolute atomic E-state index is 0.0444. The van der Waals surface area contributed by atoms with E-state index in [0.29, 0.717) is 11.4 Å². The lowest BCUT2D eigenvalue weighted by molar-refractivity contribution is -0.136. The molecule has 0 aliphatic heterocycles. The molecule has 1 aromatic rings. The van der Waals surface area contributed by atoms with Crippen molar-refractivity contribution in [2.24, 2.45) is 0 Å². The van der Waals surface area contributed by atoms with Gasteiger partial charge in [0.05, 0.1) is 13.2 Å². The van der Waals surface area contributed by atoms with Crippen LogP contribution in [0.5, 0.6) is 5.75 Å². The third kappa shape index (κ3) is 5.04. The summed E-state index contributed by atoms with van der Waals surface area (Å²) >= 11 is 0. The Morgan fingerprint density at radius 3 is 2.65 bits per heavy atom. The minimum atomic E-state index is -4.16. The zero-order valence-corrected chi connectivity index (χ0v) is 9.42. The average Bonchev–Trinajstić information content (AvgIpc) is 2.24. The van der Waals surface area contributed by atoms with Gasteiger partial charge in [-0.2, -0.15) is 13.2 Å². The fraction of sp³-hybridized carbons (Fsp3) is 0.545. The highest BCUT2D eigenvalue weighted by Gasteiger charge is 2.26. The van der Waals surface area contributed by atoms with Gasteiger partial charge in [-0.05, 0) is 25.5 Å². The fourth-order valence-electron chi connectivity index (χ4n) is 1.30. The summed E-state index contributed by atoms with van der Waals surface area (Å²) in [6, 6.07) is 3.28. The predicted molar refractivity (Wildman–Crippen MR) is 55.7 cm³/mol. The molecular formula is C11H14F3NO2. The van der Waals surface area contributed by atoms with E-state index in [-0.39, 0.29) is 19.6 Å². The van der Waals surface area contributed by atoms with Gasteiger partial charge in [-0.15, -0.1) is 0 Å². The molecule has 0 amide bonds. The highest BCUT2D eigenvalue weighted by Crippen LogP contribution is 2.22. The molecule has 1 rings (SSSR count). The van der Waals surface area contributed by atoms with Crippen LogP contribution in [0.15, 0.2) is 12.1 Å². The van der Waals surface area contributed by atoms with Gasteiger partial charge >= 0.3 is 6.18 Å². The average molecular weight is 249 g/mol. The maximum atomic E-state index is 11.9. The van der Waals surface area contributed by atoms with E-state index in [1.165, 1.54) is 0 Å². The summed E-state index contributed by atoms with van der Waals surface area (Å²) in [6.07, 6.45) is -5.14. The normalized spacial score (nSPS) is 11.6. The lowest BCUT2D eigenvalue weighted by Gasteiger charge is -2.10. The Kier molecular flexibility index (Phi) is 4.74. The summed E-state index contributed by atoms with van der Waals surface area (Å²) in [5.74, 6) is 0.334. The van der Waals surface area contributed by atoms with Crippen LogP contribution in [0.4, 0.5) is 13.2 Å². The summed E-state index contributed by atoms with van der Waals surface area (Å²) in [7, 11) is 0. The largest absolute Gasteiger partial charge is 0.492 e. The van der Waals surface area contributed by atoms with E-state index in [1.54, 1.807) is 19.1 Å². The summed E-state index contributed by atoms with van der Waals surface area (Å²) in [4.78, 5) is 4.02. The number of rotatable bonds is 5. The van der Waals surface area contributed by atoms with Crippen LogP contribution in [-0.2, 0) is 6.61 Å². The van der Waals surface area contributed by atoms with Gasteiger partial charge in [0, 0.05) is 12.1 Å². The summed E-state index contributed by atoms with van der Waals surface area (Å²) in [6.45, 7) is 1.42. The van der Waals surface area contributed by atoms with E-state index >= 15 is 0 Å². The first-order valence-corrected chi connectivity index (χ1v) is 5.19. The van der Waals surface area contributed by atoms with Crippen molar-refractivity contribution in [3.05, 3.63) is 23.5 Å². The van der Waals surface area contributed by atoms with Crippen molar-refractivity contribution >= 4 is 0 Å². The highest BCUT2D eigenvalue weighted by molar-refractivity contribution is 5.28. The zero-order valence-electron chi connectivity index (χ0n) is 9.42. The van der Waals surface area contributed by atoms with Crippen molar-refractivity contribution in [2.45, 2.75) is 32.5 Å². The van der Waals surface area contributed by atoms with Crippen LogP contribution >= 0.6 is 0 Å². The topological polar surface area (TPSA) is 42.4 Å². The molecule has 0 saturated carbocycles. The molecule has 0 atom stereocenters. The first-order valence-electron chi connectivity index (χ1n) is 5.19. The van der Waals surface area contributed by atoms with Crippen molar-refractivity contribution < 1.29 is 23.0 Å². The summed E-state index contributed by atoms with van der Waals surface area (Å²) in [5.41, 5.74) is 1.06. The molecule has 0 bridgehead atoms. The van der Waals surface area contributed by atoms with Gasteiger partial charge in [0.1, 0.15) is 11.4 Å². The SMILES string of the molecule is Cc1ccc(OCCCC(F)(F)F)c(CO)n1. The van der Waals surface area contributed by atoms with E-state index in [1.807, 2.05) is 0 Å². The molecule has 6 heteroatoms. The van der Waals surface area contributed by atoms with Gasteiger partial charge in [0.2, 0.25) is 0 Å². The van der Waals surface area contributed by atoms with Gasteiger partial charge in [0.15, 0.2) is 0 Å². The molecule has 17 heavy (non-hydrogen) atoms. The van der Waals surface area contributed by atoms with Gasteiger partial charge in [-0.3, -0.25) is 4.98 Å². The van der Waals surface area contributed by atoms with Crippen LogP contribution in [0.1, 0.15) is 24.2 Å². The second-order valence-corrected chi connectivity index (χ2v) is 3.62. The Morgan fingerprint density at radius 1 is 1.35 bits per heavy atom. The number of hydrogen-bond acceptors (Lipinski definition) is 3. The number of halogens is 3. The molecule has 1 aromatic heterocycles. The van der Waals surface area contributed by atoms with Crippen LogP contribution in [-0.4, -0.2) is 22.9 Å². The molecule has 3 nitrogen and oxygen atoms in total. The smallest absolute Gasteiger partial charge is 0.389 e. The van der Waals surface area contributed by atoms with Crippen molar-refractivity contribution in [3.63, 3.8) is 0 Å². The van der Waals surface area contributed by atoms with Crippen LogP contribution in [0.3, 0.4) is 0 Å². The molecular weight excluding hydrogens is 235 g/mol. The molecule has 1 N–H and O–H groups in total. The Labute approximate surface area is 97.2 Å². The number of pyridine rings is 1. The standard InChI is InChI=1S/C11H14F3NO2/c1-8-3-4-10(9(7-16)15-8)17-6-2-5-11(12,13)14/h3-4,16H,2,5-7H2,1H3. The first kappa shape index (κ1) is 13.8. The lowest BCUT2D eigenvalue weighted by Crippen LogP contribution is -2.10. The third-order valence-electron chi connectivity index (χ3n) is 2.08. The molecule has 0 spiro atoms. The second-order valence-electron chi connectivity index (χ2n) is 3.62. The van der Waals surface area contributed by atoms with Crippen molar-refractivity contribution in [3.8, 4) is 5.75 Å². The minimum Gasteiger partial charge on any atom is -0.492 e. The number of hydrogen-bond donors (Lipinski definition) is 1. The number of ether oxygens (including phenoxy) is 1. The molecule has 0 unspecified atom stereocenters. The number of aromatic nitrogens is 1. The first-order chi connectivity index (χ1) is 7.92. The molecule has 1 heterocycles. The van der Waals surface area contributed by atoms with Crippen molar-refractivity contribution in [2.75, 3.05) is 6.61 Å². The van der Waals surface area contributed by atoms with E-state index in [4.69, 9.17) is 9.84 Å². The van der Waals surface area contributed by atoms with E-state index in [9.17, 15) is 13.2 Å². The molecule has 0 fully saturated rings. The van der Waals surface area contributed by atoms with E-state index in [2.05, 4.69) is 4.98 Å².